The van der Waals surface area contributed by atoms with Gasteiger partial charge in [0, 0.05) is 30.2 Å². The summed E-state index contributed by atoms with van der Waals surface area (Å²) in [5, 5.41) is 12.9. The van der Waals surface area contributed by atoms with Crippen molar-refractivity contribution in [2.24, 2.45) is 5.41 Å². The standard InChI is InChI=1S/C15H14ClN5/c16-12-7-20-14(18)6-11(12)13-5-10(1-4-19-13)21-9-15(8-17)2-3-15/h1,4-7H,2-3,9H2,(H2,18,20)(H,19,21). The molecule has 0 atom stereocenters. The molecule has 3 N–H and O–H groups in total. The highest BCUT2D eigenvalue weighted by Crippen LogP contribution is 2.44. The van der Waals surface area contributed by atoms with Gasteiger partial charge in [-0.05, 0) is 31.0 Å². The minimum Gasteiger partial charge on any atom is -0.384 e. The molecule has 2 aromatic heterocycles. The molecule has 21 heavy (non-hydrogen) atoms. The summed E-state index contributed by atoms with van der Waals surface area (Å²) in [4.78, 5) is 8.26. The normalized spacial score (nSPS) is 15.2. The lowest BCUT2D eigenvalue weighted by Crippen LogP contribution is -2.13. The molecular weight excluding hydrogens is 286 g/mol. The largest absolute Gasteiger partial charge is 0.384 e. The van der Waals surface area contributed by atoms with Gasteiger partial charge in [0.1, 0.15) is 5.82 Å². The maximum absolute atomic E-state index is 9.09. The molecule has 0 radical (unpaired) electrons. The van der Waals surface area contributed by atoms with Gasteiger partial charge in [-0.1, -0.05) is 11.6 Å². The zero-order valence-corrected chi connectivity index (χ0v) is 12.1. The van der Waals surface area contributed by atoms with E-state index in [1.54, 1.807) is 12.3 Å². The Kier molecular flexibility index (Phi) is 3.40. The Hall–Kier alpha value is -2.32. The van der Waals surface area contributed by atoms with E-state index in [1.807, 2.05) is 12.1 Å². The van der Waals surface area contributed by atoms with E-state index in [0.717, 1.165) is 29.8 Å². The Balaban J connectivity index is 1.83. The molecule has 1 aliphatic rings. The molecule has 0 saturated heterocycles. The van der Waals surface area contributed by atoms with E-state index >= 15 is 0 Å². The second-order valence-corrected chi connectivity index (χ2v) is 5.67. The first-order valence-electron chi connectivity index (χ1n) is 6.64. The van der Waals surface area contributed by atoms with Crippen LogP contribution in [0.5, 0.6) is 0 Å². The maximum atomic E-state index is 9.09. The monoisotopic (exact) mass is 299 g/mol. The third kappa shape index (κ3) is 2.91. The van der Waals surface area contributed by atoms with E-state index in [0.29, 0.717) is 17.4 Å². The molecule has 0 bridgehead atoms. The number of nitriles is 1. The number of nitrogens with one attached hydrogen (secondary N) is 1. The lowest BCUT2D eigenvalue weighted by molar-refractivity contribution is 0.711. The summed E-state index contributed by atoms with van der Waals surface area (Å²) in [6.45, 7) is 0.652. The van der Waals surface area contributed by atoms with Gasteiger partial charge in [0.15, 0.2) is 0 Å². The molecule has 0 aliphatic heterocycles. The van der Waals surface area contributed by atoms with Crippen molar-refractivity contribution >= 4 is 23.1 Å². The summed E-state index contributed by atoms with van der Waals surface area (Å²) in [7, 11) is 0. The number of anilines is 2. The average molecular weight is 300 g/mol. The zero-order valence-electron chi connectivity index (χ0n) is 11.3. The smallest absolute Gasteiger partial charge is 0.124 e. The first kappa shape index (κ1) is 13.7. The molecule has 0 unspecified atom stereocenters. The fourth-order valence-corrected chi connectivity index (χ4v) is 2.29. The van der Waals surface area contributed by atoms with E-state index in [4.69, 9.17) is 22.6 Å². The van der Waals surface area contributed by atoms with Crippen LogP contribution in [0.2, 0.25) is 5.02 Å². The SMILES string of the molecule is N#CC1(CNc2ccnc(-c3cc(N)ncc3Cl)c2)CC1. The molecule has 2 heterocycles. The third-order valence-corrected chi connectivity index (χ3v) is 3.94. The Labute approximate surface area is 127 Å². The van der Waals surface area contributed by atoms with Crippen molar-refractivity contribution in [2.45, 2.75) is 12.8 Å². The second-order valence-electron chi connectivity index (χ2n) is 5.26. The molecule has 6 heteroatoms. The Morgan fingerprint density at radius 2 is 2.19 bits per heavy atom. The predicted molar refractivity (Wildman–Crippen MR) is 82.7 cm³/mol. The highest BCUT2D eigenvalue weighted by Gasteiger charge is 2.42. The van der Waals surface area contributed by atoms with Crippen molar-refractivity contribution in [3.8, 4) is 17.3 Å². The summed E-state index contributed by atoms with van der Waals surface area (Å²) in [6.07, 6.45) is 5.14. The van der Waals surface area contributed by atoms with E-state index in [2.05, 4.69) is 21.4 Å². The van der Waals surface area contributed by atoms with Gasteiger partial charge < -0.3 is 11.1 Å². The summed E-state index contributed by atoms with van der Waals surface area (Å²) < 4.78 is 0. The van der Waals surface area contributed by atoms with Crippen molar-refractivity contribution in [3.63, 3.8) is 0 Å². The summed E-state index contributed by atoms with van der Waals surface area (Å²) in [5.41, 5.74) is 7.88. The molecule has 106 valence electrons. The lowest BCUT2D eigenvalue weighted by Gasteiger charge is -2.11. The van der Waals surface area contributed by atoms with Crippen LogP contribution in [0.25, 0.3) is 11.3 Å². The van der Waals surface area contributed by atoms with Gasteiger partial charge in [0.25, 0.3) is 0 Å². The number of rotatable bonds is 4. The number of hydrogen-bond acceptors (Lipinski definition) is 5. The van der Waals surface area contributed by atoms with E-state index < -0.39 is 0 Å². The molecule has 0 aromatic carbocycles. The highest BCUT2D eigenvalue weighted by molar-refractivity contribution is 6.33. The summed E-state index contributed by atoms with van der Waals surface area (Å²) in [6, 6.07) is 7.83. The van der Waals surface area contributed by atoms with Crippen molar-refractivity contribution in [1.82, 2.24) is 9.97 Å². The number of halogens is 1. The summed E-state index contributed by atoms with van der Waals surface area (Å²) in [5.74, 6) is 0.399. The molecule has 5 nitrogen and oxygen atoms in total. The number of nitrogen functional groups attached to an aromatic ring is 1. The lowest BCUT2D eigenvalue weighted by atomic mass is 10.1. The first-order valence-corrected chi connectivity index (χ1v) is 7.02. The van der Waals surface area contributed by atoms with Crippen LogP contribution in [0.3, 0.4) is 0 Å². The Morgan fingerprint density at radius 3 is 2.90 bits per heavy atom. The van der Waals surface area contributed by atoms with E-state index in [-0.39, 0.29) is 5.41 Å². The molecule has 1 saturated carbocycles. The number of aromatic nitrogens is 2. The molecule has 2 aromatic rings. The first-order chi connectivity index (χ1) is 10.1. The second kappa shape index (κ2) is 5.23. The minimum absolute atomic E-state index is 0.192. The van der Waals surface area contributed by atoms with Crippen LogP contribution < -0.4 is 11.1 Å². The van der Waals surface area contributed by atoms with Crippen LogP contribution in [0.1, 0.15) is 12.8 Å². The molecule has 0 amide bonds. The van der Waals surface area contributed by atoms with Crippen molar-refractivity contribution < 1.29 is 0 Å². The van der Waals surface area contributed by atoms with Gasteiger partial charge in [0.2, 0.25) is 0 Å². The zero-order chi connectivity index (χ0) is 14.9. The van der Waals surface area contributed by atoms with Crippen molar-refractivity contribution in [1.29, 1.82) is 5.26 Å². The third-order valence-electron chi connectivity index (χ3n) is 3.63. The van der Waals surface area contributed by atoms with Gasteiger partial charge in [-0.2, -0.15) is 5.26 Å². The molecule has 3 rings (SSSR count). The topological polar surface area (TPSA) is 87.6 Å². The van der Waals surface area contributed by atoms with Gasteiger partial charge in [0.05, 0.1) is 22.2 Å². The van der Waals surface area contributed by atoms with Crippen molar-refractivity contribution in [2.75, 3.05) is 17.6 Å². The Morgan fingerprint density at radius 1 is 1.38 bits per heavy atom. The fourth-order valence-electron chi connectivity index (χ4n) is 2.09. The molecular formula is C15H14ClN5. The van der Waals surface area contributed by atoms with Crippen LogP contribution in [0.15, 0.2) is 30.6 Å². The number of nitrogens with two attached hydrogens (primary N) is 1. The van der Waals surface area contributed by atoms with Crippen molar-refractivity contribution in [3.05, 3.63) is 35.6 Å². The molecule has 1 aliphatic carbocycles. The number of hydrogen-bond donors (Lipinski definition) is 2. The van der Waals surface area contributed by atoms with Gasteiger partial charge in [-0.3, -0.25) is 4.98 Å². The van der Waals surface area contributed by atoms with Gasteiger partial charge in [-0.15, -0.1) is 0 Å². The summed E-state index contributed by atoms with van der Waals surface area (Å²) >= 11 is 6.14. The highest BCUT2D eigenvalue weighted by atomic mass is 35.5. The van der Waals surface area contributed by atoms with Gasteiger partial charge >= 0.3 is 0 Å². The van der Waals surface area contributed by atoms with Gasteiger partial charge in [-0.25, -0.2) is 4.98 Å². The molecule has 1 fully saturated rings. The Bertz CT molecular complexity index is 718. The fraction of sp³-hybridized carbons (Fsp3) is 0.267. The maximum Gasteiger partial charge on any atom is 0.124 e. The predicted octanol–water partition coefficient (Wildman–Crippen LogP) is 3.09. The van der Waals surface area contributed by atoms with Crippen LogP contribution in [-0.4, -0.2) is 16.5 Å². The average Bonchev–Trinajstić information content (AvgIpc) is 3.29. The number of pyridine rings is 2. The van der Waals surface area contributed by atoms with Crippen LogP contribution in [0, 0.1) is 16.7 Å². The van der Waals surface area contributed by atoms with E-state index in [1.165, 1.54) is 6.20 Å². The number of nitrogens with zero attached hydrogens (tertiary/aromatic N) is 3. The van der Waals surface area contributed by atoms with Crippen LogP contribution in [0.4, 0.5) is 11.5 Å². The quantitative estimate of drug-likeness (QED) is 0.905. The van der Waals surface area contributed by atoms with Crippen LogP contribution >= 0.6 is 11.6 Å². The molecule has 0 spiro atoms. The minimum atomic E-state index is -0.192. The van der Waals surface area contributed by atoms with E-state index in [9.17, 15) is 0 Å². The van der Waals surface area contributed by atoms with Crippen LogP contribution in [-0.2, 0) is 0 Å².